The Kier molecular flexibility index (Phi) is 4.49. The molecule has 2 heteroatoms. The van der Waals surface area contributed by atoms with Crippen LogP contribution in [0.5, 0.6) is 0 Å². The molecule has 0 radical (unpaired) electrons. The molecule has 1 aliphatic rings. The van der Waals surface area contributed by atoms with Crippen LogP contribution in [0.15, 0.2) is 72.9 Å². The molecule has 0 saturated heterocycles. The Labute approximate surface area is 170 Å². The van der Waals surface area contributed by atoms with Gasteiger partial charge in [0.05, 0.1) is 5.69 Å². The van der Waals surface area contributed by atoms with Gasteiger partial charge in [-0.05, 0) is 57.8 Å². The summed E-state index contributed by atoms with van der Waals surface area (Å²) in [4.78, 5) is 4.56. The number of hydrogen-bond acceptors (Lipinski definition) is 1. The van der Waals surface area contributed by atoms with Crippen molar-refractivity contribution in [1.82, 2.24) is 4.98 Å². The van der Waals surface area contributed by atoms with Crippen LogP contribution >= 0.6 is 0 Å². The van der Waals surface area contributed by atoms with E-state index >= 15 is 0 Å². The summed E-state index contributed by atoms with van der Waals surface area (Å²) in [7, 11) is 2.44. The van der Waals surface area contributed by atoms with Crippen LogP contribution in [-0.2, 0) is 5.31 Å². The van der Waals surface area contributed by atoms with E-state index in [9.17, 15) is 0 Å². The Balaban J connectivity index is 1.63. The van der Waals surface area contributed by atoms with Gasteiger partial charge in [-0.25, -0.2) is 0 Å². The van der Waals surface area contributed by atoms with Gasteiger partial charge in [-0.15, -0.1) is 0 Å². The van der Waals surface area contributed by atoms with E-state index in [1.165, 1.54) is 29.5 Å². The molecule has 0 atom stereocenters. The number of rotatable bonds is 3. The number of hydrogen-bond donors (Lipinski definition) is 0. The molecule has 142 valence electrons. The van der Waals surface area contributed by atoms with E-state index < -0.39 is 0 Å². The Hall–Kier alpha value is -2.35. The smallest absolute Gasteiger partial charge is 0.115 e. The molecule has 1 aliphatic carbocycles. The number of benzene rings is 2. The van der Waals surface area contributed by atoms with Gasteiger partial charge in [0.25, 0.3) is 0 Å². The SMILES string of the molecule is BC1(c2ccc(-c3ccnc(-c4ccccc4)c3)cc2)CC(C)(C)C(C)(C)C1. The Morgan fingerprint density at radius 1 is 0.714 bits per heavy atom. The molecule has 0 N–H and O–H groups in total. The first-order valence-corrected chi connectivity index (χ1v) is 10.3. The minimum absolute atomic E-state index is 0.249. The van der Waals surface area contributed by atoms with Crippen LogP contribution in [0.2, 0.25) is 0 Å². The van der Waals surface area contributed by atoms with Gasteiger partial charge in [-0.1, -0.05) is 82.3 Å². The summed E-state index contributed by atoms with van der Waals surface area (Å²) < 4.78 is 0. The van der Waals surface area contributed by atoms with Gasteiger partial charge in [-0.2, -0.15) is 0 Å². The molecule has 1 saturated carbocycles. The molecule has 1 nitrogen and oxygen atoms in total. The molecule has 4 rings (SSSR count). The number of pyridine rings is 1. The monoisotopic (exact) mass is 367 g/mol. The lowest BCUT2D eigenvalue weighted by Gasteiger charge is -2.34. The highest BCUT2D eigenvalue weighted by atomic mass is 14.7. The van der Waals surface area contributed by atoms with E-state index in [0.717, 1.165) is 11.3 Å². The minimum atomic E-state index is 0.249. The maximum atomic E-state index is 4.56. The van der Waals surface area contributed by atoms with Gasteiger partial charge in [0.1, 0.15) is 7.85 Å². The van der Waals surface area contributed by atoms with Gasteiger partial charge >= 0.3 is 0 Å². The highest BCUT2D eigenvalue weighted by Gasteiger charge is 2.52. The first-order valence-electron chi connectivity index (χ1n) is 10.3. The molecule has 1 aromatic heterocycles. The molecule has 2 aromatic carbocycles. The van der Waals surface area contributed by atoms with E-state index in [0.29, 0.717) is 10.8 Å². The van der Waals surface area contributed by atoms with Crippen LogP contribution in [0, 0.1) is 10.8 Å². The van der Waals surface area contributed by atoms with Crippen molar-refractivity contribution >= 4 is 7.85 Å². The van der Waals surface area contributed by atoms with Crippen molar-refractivity contribution in [2.45, 2.75) is 45.9 Å². The molecule has 0 unspecified atom stereocenters. The summed E-state index contributed by atoms with van der Waals surface area (Å²) in [5.74, 6) is 0. The zero-order chi connectivity index (χ0) is 20.0. The average Bonchev–Trinajstić information content (AvgIpc) is 2.86. The zero-order valence-corrected chi connectivity index (χ0v) is 17.8. The molecule has 1 fully saturated rings. The third kappa shape index (κ3) is 3.30. The van der Waals surface area contributed by atoms with Gasteiger partial charge in [-0.3, -0.25) is 4.98 Å². The van der Waals surface area contributed by atoms with Crippen molar-refractivity contribution in [2.24, 2.45) is 10.8 Å². The van der Waals surface area contributed by atoms with Crippen LogP contribution < -0.4 is 0 Å². The van der Waals surface area contributed by atoms with Crippen LogP contribution in [-0.4, -0.2) is 12.8 Å². The lowest BCUT2D eigenvalue weighted by molar-refractivity contribution is 0.157. The highest BCUT2D eigenvalue weighted by molar-refractivity contribution is 6.16. The summed E-state index contributed by atoms with van der Waals surface area (Å²) in [6.07, 6.45) is 4.38. The van der Waals surface area contributed by atoms with Gasteiger partial charge in [0.15, 0.2) is 0 Å². The fourth-order valence-electron chi connectivity index (χ4n) is 5.14. The van der Waals surface area contributed by atoms with E-state index in [2.05, 4.69) is 101 Å². The molecule has 28 heavy (non-hydrogen) atoms. The molecule has 0 spiro atoms. The lowest BCUT2D eigenvalue weighted by atomic mass is 9.61. The zero-order valence-electron chi connectivity index (χ0n) is 17.8. The molecule has 1 heterocycles. The summed E-state index contributed by atoms with van der Waals surface area (Å²) in [5, 5.41) is 0.249. The fraction of sp³-hybridized carbons (Fsp3) is 0.346. The largest absolute Gasteiger partial charge is 0.256 e. The van der Waals surface area contributed by atoms with E-state index in [4.69, 9.17) is 0 Å². The van der Waals surface area contributed by atoms with E-state index in [1.54, 1.807) is 0 Å². The molecular formula is C26H30BN. The second-order valence-corrected chi connectivity index (χ2v) is 10.1. The van der Waals surface area contributed by atoms with Gasteiger partial charge in [0.2, 0.25) is 0 Å². The third-order valence-corrected chi connectivity index (χ3v) is 7.24. The quantitative estimate of drug-likeness (QED) is 0.511. The normalized spacial score (nSPS) is 19.4. The number of aromatic nitrogens is 1. The summed E-state index contributed by atoms with van der Waals surface area (Å²) in [6, 6.07) is 23.9. The van der Waals surface area contributed by atoms with Crippen molar-refractivity contribution in [3.8, 4) is 22.4 Å². The summed E-state index contributed by atoms with van der Waals surface area (Å²) in [6.45, 7) is 9.70. The summed E-state index contributed by atoms with van der Waals surface area (Å²) in [5.41, 5.74) is 6.83. The average molecular weight is 367 g/mol. The van der Waals surface area contributed by atoms with Crippen molar-refractivity contribution in [3.05, 3.63) is 78.5 Å². The van der Waals surface area contributed by atoms with Gasteiger partial charge < -0.3 is 0 Å². The van der Waals surface area contributed by atoms with Crippen molar-refractivity contribution in [2.75, 3.05) is 0 Å². The van der Waals surface area contributed by atoms with Crippen molar-refractivity contribution < 1.29 is 0 Å². The maximum absolute atomic E-state index is 4.56. The topological polar surface area (TPSA) is 12.9 Å². The predicted octanol–water partition coefficient (Wildman–Crippen LogP) is 6.09. The molecule has 0 bridgehead atoms. The second-order valence-electron chi connectivity index (χ2n) is 10.1. The van der Waals surface area contributed by atoms with Crippen molar-refractivity contribution in [3.63, 3.8) is 0 Å². The van der Waals surface area contributed by atoms with Crippen LogP contribution in [0.1, 0.15) is 46.1 Å². The molecule has 0 aliphatic heterocycles. The number of nitrogens with zero attached hydrogens (tertiary/aromatic N) is 1. The molecular weight excluding hydrogens is 337 g/mol. The second kappa shape index (κ2) is 6.62. The van der Waals surface area contributed by atoms with E-state index in [-0.39, 0.29) is 5.31 Å². The highest BCUT2D eigenvalue weighted by Crippen LogP contribution is 2.59. The standard InChI is InChI=1S/C26H30BN/c1-24(2)17-26(27,18-25(24,3)4)22-12-10-19(11-13-22)21-14-15-28-23(16-21)20-8-6-5-7-9-20/h5-16H,17-18,27H2,1-4H3. The molecule has 3 aromatic rings. The van der Waals surface area contributed by atoms with Gasteiger partial charge in [0, 0.05) is 11.8 Å². The van der Waals surface area contributed by atoms with Crippen LogP contribution in [0.25, 0.3) is 22.4 Å². The Bertz CT molecular complexity index is 955. The van der Waals surface area contributed by atoms with Crippen molar-refractivity contribution in [1.29, 1.82) is 0 Å². The maximum Gasteiger partial charge on any atom is 0.115 e. The fourth-order valence-corrected chi connectivity index (χ4v) is 5.14. The Morgan fingerprint density at radius 3 is 1.93 bits per heavy atom. The lowest BCUT2D eigenvalue weighted by Crippen LogP contribution is -2.25. The Morgan fingerprint density at radius 2 is 1.32 bits per heavy atom. The van der Waals surface area contributed by atoms with Crippen LogP contribution in [0.4, 0.5) is 0 Å². The van der Waals surface area contributed by atoms with E-state index in [1.807, 2.05) is 12.3 Å². The minimum Gasteiger partial charge on any atom is -0.256 e. The third-order valence-electron chi connectivity index (χ3n) is 7.24. The molecule has 0 amide bonds. The summed E-state index contributed by atoms with van der Waals surface area (Å²) >= 11 is 0. The predicted molar refractivity (Wildman–Crippen MR) is 122 cm³/mol. The van der Waals surface area contributed by atoms with Crippen LogP contribution in [0.3, 0.4) is 0 Å². The first-order chi connectivity index (χ1) is 13.2. The first kappa shape index (κ1) is 19.0.